The molecule has 3 heteroatoms. The normalized spacial score (nSPS) is 11.2. The van der Waals surface area contributed by atoms with Gasteiger partial charge in [0, 0.05) is 22.8 Å². The average molecular weight is 314 g/mol. The van der Waals surface area contributed by atoms with Gasteiger partial charge in [0.1, 0.15) is 7.05 Å². The van der Waals surface area contributed by atoms with Crippen molar-refractivity contribution >= 4 is 33.1 Å². The Bertz CT molecular complexity index is 1050. The van der Waals surface area contributed by atoms with Gasteiger partial charge in [0.05, 0.1) is 17.2 Å². The van der Waals surface area contributed by atoms with E-state index in [2.05, 4.69) is 60.1 Å². The fourth-order valence-corrected chi connectivity index (χ4v) is 3.40. The van der Waals surface area contributed by atoms with E-state index >= 15 is 0 Å². The van der Waals surface area contributed by atoms with Gasteiger partial charge in [0.15, 0.2) is 5.69 Å². The van der Waals surface area contributed by atoms with Crippen LogP contribution in [0.2, 0.25) is 0 Å². The Kier molecular flexibility index (Phi) is 3.35. The topological polar surface area (TPSA) is 55.9 Å². The Morgan fingerprint density at radius 3 is 2.25 bits per heavy atom. The van der Waals surface area contributed by atoms with Crippen molar-refractivity contribution in [3.05, 3.63) is 78.0 Å². The van der Waals surface area contributed by atoms with Crippen LogP contribution in [0.25, 0.3) is 21.7 Å². The van der Waals surface area contributed by atoms with E-state index in [9.17, 15) is 0 Å². The number of nitrogens with two attached hydrogens (primary N) is 2. The Hall–Kier alpha value is -3.07. The number of anilines is 2. The van der Waals surface area contributed by atoms with Crippen molar-refractivity contribution in [1.29, 1.82) is 0 Å². The molecule has 0 radical (unpaired) electrons. The van der Waals surface area contributed by atoms with Crippen molar-refractivity contribution in [3.63, 3.8) is 0 Å². The molecule has 0 unspecified atom stereocenters. The van der Waals surface area contributed by atoms with Crippen LogP contribution in [0, 0.1) is 0 Å². The second kappa shape index (κ2) is 5.53. The van der Waals surface area contributed by atoms with E-state index in [1.54, 1.807) is 0 Å². The van der Waals surface area contributed by atoms with Crippen LogP contribution in [0.5, 0.6) is 0 Å². The largest absolute Gasteiger partial charge is 0.399 e. The molecule has 0 aliphatic heterocycles. The number of para-hydroxylation sites is 1. The molecule has 1 aromatic heterocycles. The van der Waals surface area contributed by atoms with Gasteiger partial charge in [-0.25, -0.2) is 0 Å². The van der Waals surface area contributed by atoms with Crippen molar-refractivity contribution in [2.75, 3.05) is 11.5 Å². The summed E-state index contributed by atoms with van der Waals surface area (Å²) in [5.41, 5.74) is 17.2. The SMILES string of the molecule is C[n+]1c(Cc2ccc(N)cc2)c2cc(N)ccc2c2ccccc21. The van der Waals surface area contributed by atoms with Gasteiger partial charge >= 0.3 is 0 Å². The van der Waals surface area contributed by atoms with Crippen LogP contribution in [0.3, 0.4) is 0 Å². The van der Waals surface area contributed by atoms with E-state index in [0.29, 0.717) is 0 Å². The summed E-state index contributed by atoms with van der Waals surface area (Å²) in [6, 6.07) is 22.7. The number of aryl methyl sites for hydroxylation is 1. The summed E-state index contributed by atoms with van der Waals surface area (Å²) in [7, 11) is 2.12. The van der Waals surface area contributed by atoms with Crippen molar-refractivity contribution in [2.45, 2.75) is 6.42 Å². The third kappa shape index (κ3) is 2.35. The Labute approximate surface area is 141 Å². The molecular formula is C21H20N3+. The first kappa shape index (κ1) is 14.5. The third-order valence-electron chi connectivity index (χ3n) is 4.67. The molecule has 0 amide bonds. The lowest BCUT2D eigenvalue weighted by Crippen LogP contribution is -2.35. The number of pyridine rings is 1. The molecule has 4 rings (SSSR count). The highest BCUT2D eigenvalue weighted by Crippen LogP contribution is 2.28. The number of benzene rings is 3. The lowest BCUT2D eigenvalue weighted by Gasteiger charge is -2.10. The minimum Gasteiger partial charge on any atom is -0.399 e. The third-order valence-corrected chi connectivity index (χ3v) is 4.67. The van der Waals surface area contributed by atoms with Gasteiger partial charge in [-0.05, 0) is 35.9 Å². The van der Waals surface area contributed by atoms with E-state index in [0.717, 1.165) is 17.8 Å². The number of nitrogen functional groups attached to an aromatic ring is 2. The highest BCUT2D eigenvalue weighted by Gasteiger charge is 2.19. The summed E-state index contributed by atoms with van der Waals surface area (Å²) in [5, 5.41) is 3.69. The standard InChI is InChI=1S/C21H20N3/c1-24-20-5-3-2-4-18(20)17-11-10-16(23)13-19(17)21(24)12-14-6-8-15(22)9-7-14/h2-11,13H,12,22-23H2,1H3/q+1. The lowest BCUT2D eigenvalue weighted by molar-refractivity contribution is -0.651. The summed E-state index contributed by atoms with van der Waals surface area (Å²) in [6.45, 7) is 0. The molecule has 0 saturated carbocycles. The molecule has 3 aromatic carbocycles. The van der Waals surface area contributed by atoms with Crippen LogP contribution in [-0.2, 0) is 13.5 Å². The Balaban J connectivity index is 2.02. The molecule has 1 heterocycles. The summed E-state index contributed by atoms with van der Waals surface area (Å²) < 4.78 is 2.27. The molecule has 0 fully saturated rings. The first-order chi connectivity index (χ1) is 11.6. The molecule has 0 spiro atoms. The Morgan fingerprint density at radius 1 is 0.750 bits per heavy atom. The van der Waals surface area contributed by atoms with Gasteiger partial charge in [0.2, 0.25) is 5.52 Å². The van der Waals surface area contributed by atoms with Crippen molar-refractivity contribution < 1.29 is 4.57 Å². The van der Waals surface area contributed by atoms with Crippen LogP contribution in [0.4, 0.5) is 11.4 Å². The zero-order valence-corrected chi connectivity index (χ0v) is 13.7. The van der Waals surface area contributed by atoms with Gasteiger partial charge in [-0.3, -0.25) is 0 Å². The number of aromatic nitrogens is 1. The molecule has 0 aliphatic carbocycles. The highest BCUT2D eigenvalue weighted by atomic mass is 14.9. The van der Waals surface area contributed by atoms with Gasteiger partial charge < -0.3 is 11.5 Å². The predicted molar refractivity (Wildman–Crippen MR) is 101 cm³/mol. The molecule has 3 nitrogen and oxygen atoms in total. The average Bonchev–Trinajstić information content (AvgIpc) is 2.60. The summed E-state index contributed by atoms with van der Waals surface area (Å²) >= 11 is 0. The van der Waals surface area contributed by atoms with E-state index in [4.69, 9.17) is 11.5 Å². The number of hydrogen-bond acceptors (Lipinski definition) is 2. The highest BCUT2D eigenvalue weighted by molar-refractivity contribution is 6.05. The van der Waals surface area contributed by atoms with Crippen molar-refractivity contribution in [2.24, 2.45) is 7.05 Å². The molecule has 118 valence electrons. The maximum atomic E-state index is 6.07. The first-order valence-electron chi connectivity index (χ1n) is 8.07. The minimum absolute atomic E-state index is 0.788. The van der Waals surface area contributed by atoms with Crippen LogP contribution in [-0.4, -0.2) is 0 Å². The van der Waals surface area contributed by atoms with Gasteiger partial charge in [0.25, 0.3) is 0 Å². The van der Waals surface area contributed by atoms with E-state index in [1.807, 2.05) is 18.2 Å². The minimum atomic E-state index is 0.788. The Morgan fingerprint density at radius 2 is 1.46 bits per heavy atom. The van der Waals surface area contributed by atoms with Crippen LogP contribution < -0.4 is 16.0 Å². The fraction of sp³-hybridized carbons (Fsp3) is 0.0952. The van der Waals surface area contributed by atoms with Crippen molar-refractivity contribution in [3.8, 4) is 0 Å². The predicted octanol–water partition coefficient (Wildman–Crippen LogP) is 3.57. The van der Waals surface area contributed by atoms with E-state index in [1.165, 1.54) is 32.9 Å². The maximum absolute atomic E-state index is 6.07. The van der Waals surface area contributed by atoms with Crippen LogP contribution in [0.15, 0.2) is 66.7 Å². The number of hydrogen-bond donors (Lipinski definition) is 2. The van der Waals surface area contributed by atoms with Crippen LogP contribution in [0.1, 0.15) is 11.3 Å². The van der Waals surface area contributed by atoms with E-state index in [-0.39, 0.29) is 0 Å². The zero-order chi connectivity index (χ0) is 16.7. The van der Waals surface area contributed by atoms with Crippen LogP contribution >= 0.6 is 0 Å². The molecule has 4 N–H and O–H groups in total. The van der Waals surface area contributed by atoms with Gasteiger partial charge in [-0.1, -0.05) is 30.3 Å². The lowest BCUT2D eigenvalue weighted by atomic mass is 9.98. The molecular weight excluding hydrogens is 294 g/mol. The summed E-state index contributed by atoms with van der Waals surface area (Å²) in [5.74, 6) is 0. The first-order valence-corrected chi connectivity index (χ1v) is 8.07. The summed E-state index contributed by atoms with van der Waals surface area (Å²) in [4.78, 5) is 0. The quantitative estimate of drug-likeness (QED) is 0.337. The van der Waals surface area contributed by atoms with E-state index < -0.39 is 0 Å². The van der Waals surface area contributed by atoms with Crippen molar-refractivity contribution in [1.82, 2.24) is 0 Å². The smallest absolute Gasteiger partial charge is 0.213 e. The molecule has 0 saturated heterocycles. The van der Waals surface area contributed by atoms with Gasteiger partial charge in [-0.15, -0.1) is 0 Å². The second-order valence-corrected chi connectivity index (χ2v) is 6.25. The number of rotatable bonds is 2. The molecule has 24 heavy (non-hydrogen) atoms. The molecule has 0 atom stereocenters. The monoisotopic (exact) mass is 314 g/mol. The number of fused-ring (bicyclic) bond motifs is 3. The maximum Gasteiger partial charge on any atom is 0.213 e. The fourth-order valence-electron chi connectivity index (χ4n) is 3.40. The molecule has 0 bridgehead atoms. The number of nitrogens with zero attached hydrogens (tertiary/aromatic N) is 1. The zero-order valence-electron chi connectivity index (χ0n) is 13.7. The van der Waals surface area contributed by atoms with Gasteiger partial charge in [-0.2, -0.15) is 4.57 Å². The second-order valence-electron chi connectivity index (χ2n) is 6.25. The summed E-state index contributed by atoms with van der Waals surface area (Å²) in [6.07, 6.45) is 0.835. The molecule has 4 aromatic rings. The molecule has 0 aliphatic rings.